The van der Waals surface area contributed by atoms with E-state index in [1.165, 1.54) is 9.96 Å². The molecule has 9 heteroatoms. The zero-order valence-electron chi connectivity index (χ0n) is 27.0. The van der Waals surface area contributed by atoms with Crippen molar-refractivity contribution in [3.8, 4) is 11.1 Å². The van der Waals surface area contributed by atoms with Gasteiger partial charge in [-0.05, 0) is 81.0 Å². The Morgan fingerprint density at radius 1 is 0.935 bits per heavy atom. The van der Waals surface area contributed by atoms with Crippen LogP contribution in [0.5, 0.6) is 0 Å². The van der Waals surface area contributed by atoms with Crippen LogP contribution in [-0.2, 0) is 16.2 Å². The van der Waals surface area contributed by atoms with Crippen LogP contribution in [0.15, 0.2) is 83.4 Å². The predicted octanol–water partition coefficient (Wildman–Crippen LogP) is 7.56. The van der Waals surface area contributed by atoms with Crippen molar-refractivity contribution in [1.29, 1.82) is 0 Å². The van der Waals surface area contributed by atoms with Gasteiger partial charge < -0.3 is 10.0 Å². The smallest absolute Gasteiger partial charge is 0.413 e. The van der Waals surface area contributed by atoms with Gasteiger partial charge >= 0.3 is 6.09 Å². The summed E-state index contributed by atoms with van der Waals surface area (Å²) in [5, 5.41) is 11.7. The molecule has 240 valence electrons. The summed E-state index contributed by atoms with van der Waals surface area (Å²) < 4.78 is 0. The van der Waals surface area contributed by atoms with E-state index in [2.05, 4.69) is 0 Å². The first-order valence-electron chi connectivity index (χ1n) is 15.9. The number of likely N-dealkylation sites (tertiary alicyclic amines) is 1. The van der Waals surface area contributed by atoms with Gasteiger partial charge in [-0.25, -0.2) is 14.9 Å². The maximum absolute atomic E-state index is 14.0. The number of benzene rings is 3. The van der Waals surface area contributed by atoms with Crippen LogP contribution in [0.2, 0.25) is 0 Å². The number of aliphatic imine (C=N–C) groups is 1. The van der Waals surface area contributed by atoms with Crippen LogP contribution in [0.25, 0.3) is 17.2 Å². The maximum Gasteiger partial charge on any atom is 0.413 e. The number of nitrogens with zero attached hydrogens (tertiary/aromatic N) is 4. The Morgan fingerprint density at radius 2 is 1.61 bits per heavy atom. The highest BCUT2D eigenvalue weighted by atomic mass is 16.7. The van der Waals surface area contributed by atoms with Crippen molar-refractivity contribution in [1.82, 2.24) is 14.9 Å². The third kappa shape index (κ3) is 7.54. The zero-order valence-corrected chi connectivity index (χ0v) is 27.0. The van der Waals surface area contributed by atoms with Gasteiger partial charge in [0.1, 0.15) is 12.4 Å². The monoisotopic (exact) mass is 622 g/mol. The topological polar surface area (TPSA) is 103 Å². The molecule has 2 aliphatic heterocycles. The number of carboxylic acid groups (broad SMARTS) is 1. The van der Waals surface area contributed by atoms with E-state index in [0.29, 0.717) is 35.4 Å². The Bertz CT molecular complexity index is 1630. The molecule has 3 amide bonds. The van der Waals surface area contributed by atoms with E-state index in [1.807, 2.05) is 84.6 Å². The Morgan fingerprint density at radius 3 is 2.24 bits per heavy atom. The van der Waals surface area contributed by atoms with Crippen LogP contribution >= 0.6 is 0 Å². The lowest BCUT2D eigenvalue weighted by Crippen LogP contribution is -2.49. The number of carbonyl (C=O) groups excluding carboxylic acids is 2. The largest absolute Gasteiger partial charge is 0.465 e. The Labute approximate surface area is 270 Å². The first-order chi connectivity index (χ1) is 22.0. The molecule has 0 bridgehead atoms. The van der Waals surface area contributed by atoms with Gasteiger partial charge in [0.2, 0.25) is 0 Å². The Hall–Kier alpha value is -4.76. The van der Waals surface area contributed by atoms with E-state index < -0.39 is 11.6 Å². The van der Waals surface area contributed by atoms with Gasteiger partial charge in [-0.2, -0.15) is 0 Å². The summed E-state index contributed by atoms with van der Waals surface area (Å²) in [6, 6.07) is 22.9. The number of hydrogen-bond donors (Lipinski definition) is 1. The molecular weight excluding hydrogens is 580 g/mol. The molecular formula is C37H42N4O5. The van der Waals surface area contributed by atoms with Crippen LogP contribution in [-0.4, -0.2) is 68.9 Å². The Kier molecular flexibility index (Phi) is 10.0. The highest BCUT2D eigenvalue weighted by molar-refractivity contribution is 6.08. The van der Waals surface area contributed by atoms with Gasteiger partial charge in [0.25, 0.3) is 11.8 Å². The van der Waals surface area contributed by atoms with E-state index in [0.717, 1.165) is 42.6 Å². The van der Waals surface area contributed by atoms with E-state index in [9.17, 15) is 19.5 Å². The van der Waals surface area contributed by atoms with Crippen molar-refractivity contribution < 1.29 is 24.3 Å². The summed E-state index contributed by atoms with van der Waals surface area (Å²) in [6.45, 7) is 9.56. The lowest BCUT2D eigenvalue weighted by atomic mass is 9.99. The SMILES string of the molecule is CCCN(OCc1ccccc1)C(=O)C1=Cc2ccc(-c3ccc(C(=O)N4CCCC4)cc3)cc2N=C(N(C(=O)O)C(C)(C)C)C1. The second-order valence-electron chi connectivity index (χ2n) is 12.7. The molecule has 0 saturated carbocycles. The number of hydroxylamine groups is 2. The highest BCUT2D eigenvalue weighted by Gasteiger charge is 2.34. The van der Waals surface area contributed by atoms with Gasteiger partial charge in [0.05, 0.1) is 5.69 Å². The van der Waals surface area contributed by atoms with E-state index in [1.54, 1.807) is 26.8 Å². The molecule has 3 aromatic rings. The van der Waals surface area contributed by atoms with Gasteiger partial charge in [0, 0.05) is 48.3 Å². The van der Waals surface area contributed by atoms with Crippen LogP contribution in [0.4, 0.5) is 10.5 Å². The van der Waals surface area contributed by atoms with Crippen molar-refractivity contribution >= 4 is 35.5 Å². The molecule has 2 heterocycles. The minimum absolute atomic E-state index is 0.00857. The molecule has 0 aliphatic carbocycles. The molecule has 1 fully saturated rings. The average molecular weight is 623 g/mol. The van der Waals surface area contributed by atoms with Crippen molar-refractivity contribution in [2.45, 2.75) is 65.5 Å². The minimum atomic E-state index is -1.15. The van der Waals surface area contributed by atoms with Gasteiger partial charge in [-0.15, -0.1) is 0 Å². The standard InChI is InChI=1S/C37H42N4O5/c1-5-19-40(46-25-26-11-7-6-8-12-26)35(43)31-22-30-18-17-29(23-32(30)38-33(24-31)41(36(44)45)37(2,3)4)27-13-15-28(16-14-27)34(42)39-20-9-10-21-39/h6-8,11-18,22-23H,5,9-10,19-21,24-25H2,1-4H3,(H,44,45). The summed E-state index contributed by atoms with van der Waals surface area (Å²) in [6.07, 6.45) is 3.40. The summed E-state index contributed by atoms with van der Waals surface area (Å²) >= 11 is 0. The molecule has 9 nitrogen and oxygen atoms in total. The third-order valence-electron chi connectivity index (χ3n) is 8.09. The first kappa shape index (κ1) is 32.6. The first-order valence-corrected chi connectivity index (χ1v) is 15.9. The van der Waals surface area contributed by atoms with Gasteiger partial charge in [0.15, 0.2) is 0 Å². The zero-order chi connectivity index (χ0) is 32.8. The van der Waals surface area contributed by atoms with Crippen molar-refractivity contribution in [3.63, 3.8) is 0 Å². The number of amides is 3. The molecule has 46 heavy (non-hydrogen) atoms. The number of amidine groups is 1. The predicted molar refractivity (Wildman–Crippen MR) is 180 cm³/mol. The molecule has 3 aromatic carbocycles. The van der Waals surface area contributed by atoms with Crippen LogP contribution in [0.3, 0.4) is 0 Å². The lowest BCUT2D eigenvalue weighted by molar-refractivity contribution is -0.187. The third-order valence-corrected chi connectivity index (χ3v) is 8.09. The quantitative estimate of drug-likeness (QED) is 0.261. The molecule has 0 unspecified atom stereocenters. The van der Waals surface area contributed by atoms with Gasteiger partial charge in [-0.3, -0.25) is 19.3 Å². The van der Waals surface area contributed by atoms with Crippen LogP contribution in [0, 0.1) is 0 Å². The van der Waals surface area contributed by atoms with Crippen LogP contribution < -0.4 is 0 Å². The van der Waals surface area contributed by atoms with E-state index in [4.69, 9.17) is 9.83 Å². The highest BCUT2D eigenvalue weighted by Crippen LogP contribution is 2.34. The fourth-order valence-corrected chi connectivity index (χ4v) is 5.80. The number of hydrogen-bond acceptors (Lipinski definition) is 5. The van der Waals surface area contributed by atoms with E-state index >= 15 is 0 Å². The molecule has 1 saturated heterocycles. The van der Waals surface area contributed by atoms with Gasteiger partial charge in [-0.1, -0.05) is 61.5 Å². The van der Waals surface area contributed by atoms with Crippen molar-refractivity contribution in [3.05, 3.63) is 95.1 Å². The second kappa shape index (κ2) is 14.1. The lowest BCUT2D eigenvalue weighted by Gasteiger charge is -2.34. The summed E-state index contributed by atoms with van der Waals surface area (Å²) in [5.74, 6) is -0.0372. The number of rotatable bonds is 8. The van der Waals surface area contributed by atoms with E-state index in [-0.39, 0.29) is 30.7 Å². The Balaban J connectivity index is 1.50. The van der Waals surface area contributed by atoms with Crippen molar-refractivity contribution in [2.75, 3.05) is 19.6 Å². The maximum atomic E-state index is 14.0. The number of fused-ring (bicyclic) bond motifs is 1. The molecule has 0 spiro atoms. The summed E-state index contributed by atoms with van der Waals surface area (Å²) in [7, 11) is 0. The molecule has 5 rings (SSSR count). The number of carbonyl (C=O) groups is 3. The normalized spacial score (nSPS) is 14.6. The fourth-order valence-electron chi connectivity index (χ4n) is 5.80. The summed E-state index contributed by atoms with van der Waals surface area (Å²) in [5.41, 5.74) is 4.16. The molecule has 2 aliphatic rings. The molecule has 1 N–H and O–H groups in total. The minimum Gasteiger partial charge on any atom is -0.465 e. The van der Waals surface area contributed by atoms with Crippen LogP contribution in [0.1, 0.15) is 74.9 Å². The average Bonchev–Trinajstić information content (AvgIpc) is 3.51. The summed E-state index contributed by atoms with van der Waals surface area (Å²) in [4.78, 5) is 53.5. The fraction of sp³-hybridized carbons (Fsp3) is 0.351. The van der Waals surface area contributed by atoms with Crippen molar-refractivity contribution in [2.24, 2.45) is 4.99 Å². The molecule has 0 atom stereocenters. The molecule has 0 aromatic heterocycles. The molecule has 0 radical (unpaired) electrons. The second-order valence-corrected chi connectivity index (χ2v) is 12.7.